The quantitative estimate of drug-likeness (QED) is 0.197. The number of anilines is 2. The van der Waals surface area contributed by atoms with Crippen molar-refractivity contribution in [2.75, 3.05) is 18.4 Å². The number of nitrogens with one attached hydrogen (secondary N) is 1. The molecule has 0 unspecified atom stereocenters. The van der Waals surface area contributed by atoms with E-state index in [0.29, 0.717) is 45.8 Å². The van der Waals surface area contributed by atoms with Gasteiger partial charge in [0.05, 0.1) is 15.4 Å². The Hall–Kier alpha value is -4.05. The van der Waals surface area contributed by atoms with Crippen molar-refractivity contribution in [3.8, 4) is 16.9 Å². The number of halogens is 2. The smallest absolute Gasteiger partial charge is 0.243 e. The van der Waals surface area contributed by atoms with Gasteiger partial charge in [0.15, 0.2) is 0 Å². The maximum atomic E-state index is 13.5. The summed E-state index contributed by atoms with van der Waals surface area (Å²) in [6.45, 7) is 1.29. The highest BCUT2D eigenvalue weighted by atomic mass is 35.5. The predicted octanol–water partition coefficient (Wildman–Crippen LogP) is 7.59. The molecule has 1 aromatic heterocycles. The first kappa shape index (κ1) is 28.1. The standard InChI is InChI=1S/C32H28ClFN4O3S/c33-29-19-26(11-13-31(29)41-20-22-6-4-8-25(34)16-22)37-32-28-18-24(10-12-30(28)35-21-36-32)23-7-5-9-27(17-23)42(39,40)38-14-2-1-3-15-38/h4-13,16-19,21H,1-3,14-15,20H2,(H,35,36,37). The average molecular weight is 603 g/mol. The number of hydrogen-bond acceptors (Lipinski definition) is 6. The topological polar surface area (TPSA) is 84.4 Å². The molecule has 7 nitrogen and oxygen atoms in total. The zero-order chi connectivity index (χ0) is 29.1. The SMILES string of the molecule is O=S(=O)(c1cccc(-c2ccc3ncnc(Nc4ccc(OCc5cccc(F)c5)c(Cl)c4)c3c2)c1)N1CCCCC1. The summed E-state index contributed by atoms with van der Waals surface area (Å²) in [6, 6.07) is 24.3. The van der Waals surface area contributed by atoms with E-state index in [2.05, 4.69) is 15.3 Å². The Labute approximate surface area is 249 Å². The predicted molar refractivity (Wildman–Crippen MR) is 163 cm³/mol. The van der Waals surface area contributed by atoms with Gasteiger partial charge in [-0.05, 0) is 84.1 Å². The van der Waals surface area contributed by atoms with Crippen LogP contribution in [0.25, 0.3) is 22.0 Å². The maximum absolute atomic E-state index is 13.5. The Morgan fingerprint density at radius 2 is 1.69 bits per heavy atom. The molecule has 0 atom stereocenters. The molecule has 4 aromatic carbocycles. The van der Waals surface area contributed by atoms with Crippen molar-refractivity contribution in [3.63, 3.8) is 0 Å². The van der Waals surface area contributed by atoms with Crippen LogP contribution in [0.15, 0.2) is 96.2 Å². The van der Waals surface area contributed by atoms with E-state index >= 15 is 0 Å². The van der Waals surface area contributed by atoms with Crippen LogP contribution in [0.1, 0.15) is 24.8 Å². The first-order chi connectivity index (χ1) is 20.4. The molecule has 0 aliphatic carbocycles. The van der Waals surface area contributed by atoms with Gasteiger partial charge in [-0.15, -0.1) is 0 Å². The van der Waals surface area contributed by atoms with Crippen molar-refractivity contribution >= 4 is 44.0 Å². The molecular weight excluding hydrogens is 575 g/mol. The van der Waals surface area contributed by atoms with Gasteiger partial charge in [0.2, 0.25) is 10.0 Å². The molecule has 1 N–H and O–H groups in total. The lowest BCUT2D eigenvalue weighted by Crippen LogP contribution is -2.35. The molecule has 214 valence electrons. The number of ether oxygens (including phenoxy) is 1. The van der Waals surface area contributed by atoms with Crippen LogP contribution in [0.5, 0.6) is 5.75 Å². The van der Waals surface area contributed by atoms with Gasteiger partial charge in [0.25, 0.3) is 0 Å². The third kappa shape index (κ3) is 6.09. The monoisotopic (exact) mass is 602 g/mol. The molecule has 1 saturated heterocycles. The van der Waals surface area contributed by atoms with Gasteiger partial charge in [-0.2, -0.15) is 4.31 Å². The summed E-state index contributed by atoms with van der Waals surface area (Å²) in [4.78, 5) is 9.15. The van der Waals surface area contributed by atoms with Gasteiger partial charge in [-0.3, -0.25) is 0 Å². The van der Waals surface area contributed by atoms with Crippen LogP contribution in [0, 0.1) is 5.82 Å². The lowest BCUT2D eigenvalue weighted by atomic mass is 10.0. The van der Waals surface area contributed by atoms with E-state index in [-0.39, 0.29) is 12.4 Å². The minimum absolute atomic E-state index is 0.185. The van der Waals surface area contributed by atoms with E-state index in [1.807, 2.05) is 30.3 Å². The first-order valence-corrected chi connectivity index (χ1v) is 15.5. The van der Waals surface area contributed by atoms with Crippen molar-refractivity contribution in [1.29, 1.82) is 0 Å². The molecule has 5 aromatic rings. The van der Waals surface area contributed by atoms with E-state index in [9.17, 15) is 12.8 Å². The second-order valence-electron chi connectivity index (χ2n) is 10.1. The third-order valence-corrected chi connectivity index (χ3v) is 9.42. The van der Waals surface area contributed by atoms with Gasteiger partial charge in [0.1, 0.15) is 30.3 Å². The van der Waals surface area contributed by atoms with E-state index in [0.717, 1.165) is 41.3 Å². The second kappa shape index (κ2) is 12.1. The lowest BCUT2D eigenvalue weighted by molar-refractivity contribution is 0.306. The van der Waals surface area contributed by atoms with E-state index in [4.69, 9.17) is 16.3 Å². The van der Waals surface area contributed by atoms with E-state index in [1.54, 1.807) is 46.8 Å². The van der Waals surface area contributed by atoms with Gasteiger partial charge in [0, 0.05) is 24.2 Å². The summed E-state index contributed by atoms with van der Waals surface area (Å²) in [6.07, 6.45) is 4.31. The van der Waals surface area contributed by atoms with Crippen molar-refractivity contribution in [1.82, 2.24) is 14.3 Å². The molecule has 0 spiro atoms. The van der Waals surface area contributed by atoms with Crippen LogP contribution in [-0.2, 0) is 16.6 Å². The fraction of sp³-hybridized carbons (Fsp3) is 0.188. The number of rotatable bonds is 8. The van der Waals surface area contributed by atoms with Gasteiger partial charge in [-0.25, -0.2) is 22.8 Å². The number of hydrogen-bond donors (Lipinski definition) is 1. The Morgan fingerprint density at radius 3 is 2.50 bits per heavy atom. The Kier molecular flexibility index (Phi) is 8.06. The van der Waals surface area contributed by atoms with Crippen LogP contribution in [-0.4, -0.2) is 35.8 Å². The Morgan fingerprint density at radius 1 is 0.881 bits per heavy atom. The van der Waals surface area contributed by atoms with Crippen LogP contribution in [0.4, 0.5) is 15.9 Å². The normalized spacial score (nSPS) is 14.1. The molecular formula is C32H28ClFN4O3S. The summed E-state index contributed by atoms with van der Waals surface area (Å²) >= 11 is 6.50. The van der Waals surface area contributed by atoms with E-state index in [1.165, 1.54) is 18.5 Å². The van der Waals surface area contributed by atoms with Crippen molar-refractivity contribution < 1.29 is 17.5 Å². The van der Waals surface area contributed by atoms with Crippen molar-refractivity contribution in [2.45, 2.75) is 30.8 Å². The van der Waals surface area contributed by atoms with Gasteiger partial charge < -0.3 is 10.1 Å². The number of benzene rings is 4. The Balaban J connectivity index is 1.24. The van der Waals surface area contributed by atoms with Crippen LogP contribution < -0.4 is 10.1 Å². The minimum atomic E-state index is -3.56. The molecule has 1 aliphatic rings. The second-order valence-corrected chi connectivity index (χ2v) is 12.5. The number of fused-ring (bicyclic) bond motifs is 1. The number of piperidine rings is 1. The summed E-state index contributed by atoms with van der Waals surface area (Å²) in [5.74, 6) is 0.723. The summed E-state index contributed by atoms with van der Waals surface area (Å²) in [5.41, 5.74) is 3.75. The van der Waals surface area contributed by atoms with Crippen LogP contribution in [0.3, 0.4) is 0 Å². The Bertz CT molecular complexity index is 1860. The fourth-order valence-electron chi connectivity index (χ4n) is 5.05. The van der Waals surface area contributed by atoms with Crippen molar-refractivity contribution in [2.24, 2.45) is 0 Å². The van der Waals surface area contributed by atoms with Crippen molar-refractivity contribution in [3.05, 3.63) is 108 Å². The van der Waals surface area contributed by atoms with Crippen LogP contribution in [0.2, 0.25) is 5.02 Å². The molecule has 2 heterocycles. The zero-order valence-electron chi connectivity index (χ0n) is 22.6. The number of sulfonamides is 1. The van der Waals surface area contributed by atoms with Gasteiger partial charge >= 0.3 is 0 Å². The number of aromatic nitrogens is 2. The molecule has 0 bridgehead atoms. The third-order valence-electron chi connectivity index (χ3n) is 7.23. The molecule has 10 heteroatoms. The molecule has 42 heavy (non-hydrogen) atoms. The largest absolute Gasteiger partial charge is 0.487 e. The lowest BCUT2D eigenvalue weighted by Gasteiger charge is -2.26. The summed E-state index contributed by atoms with van der Waals surface area (Å²) in [5, 5.41) is 4.47. The molecule has 1 aliphatic heterocycles. The molecule has 0 radical (unpaired) electrons. The fourth-order valence-corrected chi connectivity index (χ4v) is 6.85. The zero-order valence-corrected chi connectivity index (χ0v) is 24.2. The average Bonchev–Trinajstić information content (AvgIpc) is 3.01. The first-order valence-electron chi connectivity index (χ1n) is 13.7. The minimum Gasteiger partial charge on any atom is -0.487 e. The van der Waals surface area contributed by atoms with Crippen LogP contribution >= 0.6 is 11.6 Å². The highest BCUT2D eigenvalue weighted by Crippen LogP contribution is 2.33. The molecule has 6 rings (SSSR count). The highest BCUT2D eigenvalue weighted by molar-refractivity contribution is 7.89. The molecule has 1 fully saturated rings. The number of nitrogens with zero attached hydrogens (tertiary/aromatic N) is 3. The molecule has 0 saturated carbocycles. The summed E-state index contributed by atoms with van der Waals surface area (Å²) < 4.78 is 47.4. The highest BCUT2D eigenvalue weighted by Gasteiger charge is 2.26. The van der Waals surface area contributed by atoms with E-state index < -0.39 is 10.0 Å². The maximum Gasteiger partial charge on any atom is 0.243 e. The van der Waals surface area contributed by atoms with Gasteiger partial charge in [-0.1, -0.05) is 48.4 Å². The molecule has 0 amide bonds. The summed E-state index contributed by atoms with van der Waals surface area (Å²) in [7, 11) is -3.56.